The first kappa shape index (κ1) is 16.1. The Kier molecular flexibility index (Phi) is 5.11. The van der Waals surface area contributed by atoms with Crippen molar-refractivity contribution in [2.75, 3.05) is 12.0 Å². The standard InChI is InChI=1S/C19H22N4O/c1-14(2)11-12-24-16-9-7-15(8-10-16)13-20-23-19-21-17-5-3-4-6-18(17)22-19/h3-10,13-14H,11-12H2,1-2H3,(H2,21,22,23)/b20-13+. The zero-order valence-corrected chi connectivity index (χ0v) is 14.0. The molecule has 0 atom stereocenters. The molecule has 1 heterocycles. The number of hydrazone groups is 1. The smallest absolute Gasteiger partial charge is 0.222 e. The Balaban J connectivity index is 1.54. The van der Waals surface area contributed by atoms with E-state index in [9.17, 15) is 0 Å². The van der Waals surface area contributed by atoms with Crippen LogP contribution in [0.3, 0.4) is 0 Å². The number of fused-ring (bicyclic) bond motifs is 1. The number of para-hydroxylation sites is 2. The van der Waals surface area contributed by atoms with Gasteiger partial charge in [-0.05, 0) is 54.3 Å². The van der Waals surface area contributed by atoms with Crippen LogP contribution in [0.25, 0.3) is 11.0 Å². The number of benzene rings is 2. The van der Waals surface area contributed by atoms with Crippen LogP contribution in [0, 0.1) is 5.92 Å². The van der Waals surface area contributed by atoms with E-state index < -0.39 is 0 Å². The molecule has 0 radical (unpaired) electrons. The first-order chi connectivity index (χ1) is 11.7. The second kappa shape index (κ2) is 7.64. The first-order valence-electron chi connectivity index (χ1n) is 8.17. The Labute approximate surface area is 141 Å². The number of aromatic nitrogens is 2. The van der Waals surface area contributed by atoms with Crippen LogP contribution in [0.4, 0.5) is 5.95 Å². The highest BCUT2D eigenvalue weighted by Crippen LogP contribution is 2.14. The third-order valence-electron chi connectivity index (χ3n) is 3.62. The predicted molar refractivity (Wildman–Crippen MR) is 98.7 cm³/mol. The molecule has 0 fully saturated rings. The van der Waals surface area contributed by atoms with E-state index in [1.807, 2.05) is 48.5 Å². The van der Waals surface area contributed by atoms with Crippen LogP contribution >= 0.6 is 0 Å². The van der Waals surface area contributed by atoms with Gasteiger partial charge in [0.25, 0.3) is 0 Å². The molecule has 2 aromatic carbocycles. The van der Waals surface area contributed by atoms with Crippen molar-refractivity contribution in [1.29, 1.82) is 0 Å². The van der Waals surface area contributed by atoms with Crippen molar-refractivity contribution < 1.29 is 4.74 Å². The van der Waals surface area contributed by atoms with E-state index >= 15 is 0 Å². The highest BCUT2D eigenvalue weighted by atomic mass is 16.5. The van der Waals surface area contributed by atoms with Gasteiger partial charge in [-0.2, -0.15) is 5.10 Å². The van der Waals surface area contributed by atoms with Crippen molar-refractivity contribution in [2.24, 2.45) is 11.0 Å². The van der Waals surface area contributed by atoms with Gasteiger partial charge in [0.1, 0.15) is 5.75 Å². The fraction of sp³-hybridized carbons (Fsp3) is 0.263. The fourth-order valence-corrected chi connectivity index (χ4v) is 2.24. The molecule has 0 aliphatic heterocycles. The third-order valence-corrected chi connectivity index (χ3v) is 3.62. The average molecular weight is 322 g/mol. The van der Waals surface area contributed by atoms with Gasteiger partial charge in [-0.25, -0.2) is 10.4 Å². The van der Waals surface area contributed by atoms with Crippen molar-refractivity contribution in [2.45, 2.75) is 20.3 Å². The minimum Gasteiger partial charge on any atom is -0.494 e. The quantitative estimate of drug-likeness (QED) is 0.499. The molecule has 0 amide bonds. The van der Waals surface area contributed by atoms with Crippen LogP contribution in [-0.4, -0.2) is 22.8 Å². The molecule has 5 heteroatoms. The lowest BCUT2D eigenvalue weighted by molar-refractivity contribution is 0.289. The van der Waals surface area contributed by atoms with Crippen molar-refractivity contribution in [3.8, 4) is 5.75 Å². The van der Waals surface area contributed by atoms with Gasteiger partial charge in [-0.3, -0.25) is 0 Å². The highest BCUT2D eigenvalue weighted by Gasteiger charge is 2.00. The van der Waals surface area contributed by atoms with Crippen LogP contribution in [0.1, 0.15) is 25.8 Å². The van der Waals surface area contributed by atoms with Crippen molar-refractivity contribution >= 4 is 23.2 Å². The maximum Gasteiger partial charge on any atom is 0.222 e. The lowest BCUT2D eigenvalue weighted by Gasteiger charge is -2.07. The number of nitrogens with zero attached hydrogens (tertiary/aromatic N) is 2. The number of ether oxygens (including phenoxy) is 1. The molecule has 0 aliphatic rings. The Morgan fingerprint density at radius 3 is 2.71 bits per heavy atom. The summed E-state index contributed by atoms with van der Waals surface area (Å²) in [5.74, 6) is 2.17. The average Bonchev–Trinajstić information content (AvgIpc) is 2.99. The summed E-state index contributed by atoms with van der Waals surface area (Å²) in [6, 6.07) is 15.8. The number of hydrogen-bond acceptors (Lipinski definition) is 4. The van der Waals surface area contributed by atoms with E-state index in [1.54, 1.807) is 6.21 Å². The van der Waals surface area contributed by atoms with E-state index in [4.69, 9.17) is 4.74 Å². The summed E-state index contributed by atoms with van der Waals surface area (Å²) >= 11 is 0. The lowest BCUT2D eigenvalue weighted by Crippen LogP contribution is -2.01. The molecular formula is C19H22N4O. The molecule has 1 aromatic heterocycles. The number of aromatic amines is 1. The molecule has 3 rings (SSSR count). The molecular weight excluding hydrogens is 300 g/mol. The minimum absolute atomic E-state index is 0.626. The Hall–Kier alpha value is -2.82. The molecule has 0 unspecified atom stereocenters. The Morgan fingerprint density at radius 2 is 1.96 bits per heavy atom. The van der Waals surface area contributed by atoms with Gasteiger partial charge in [0.2, 0.25) is 5.95 Å². The normalized spacial score (nSPS) is 11.5. The molecule has 3 aromatic rings. The zero-order chi connectivity index (χ0) is 16.8. The summed E-state index contributed by atoms with van der Waals surface area (Å²) in [4.78, 5) is 7.57. The van der Waals surface area contributed by atoms with Gasteiger partial charge in [0.15, 0.2) is 0 Å². The molecule has 5 nitrogen and oxygen atoms in total. The minimum atomic E-state index is 0.626. The summed E-state index contributed by atoms with van der Waals surface area (Å²) in [6.07, 6.45) is 2.82. The number of imidazole rings is 1. The van der Waals surface area contributed by atoms with Crippen molar-refractivity contribution in [3.05, 3.63) is 54.1 Å². The van der Waals surface area contributed by atoms with Crippen LogP contribution in [-0.2, 0) is 0 Å². The van der Waals surface area contributed by atoms with E-state index in [0.29, 0.717) is 11.9 Å². The molecule has 0 saturated carbocycles. The van der Waals surface area contributed by atoms with Gasteiger partial charge in [0, 0.05) is 0 Å². The lowest BCUT2D eigenvalue weighted by atomic mass is 10.1. The van der Waals surface area contributed by atoms with Crippen molar-refractivity contribution in [3.63, 3.8) is 0 Å². The predicted octanol–water partition coefficient (Wildman–Crippen LogP) is 4.43. The summed E-state index contributed by atoms with van der Waals surface area (Å²) in [7, 11) is 0. The van der Waals surface area contributed by atoms with Crippen LogP contribution < -0.4 is 10.2 Å². The van der Waals surface area contributed by atoms with Gasteiger partial charge < -0.3 is 9.72 Å². The summed E-state index contributed by atoms with van der Waals surface area (Å²) in [5, 5.41) is 4.21. The molecule has 0 bridgehead atoms. The summed E-state index contributed by atoms with van der Waals surface area (Å²) in [6.45, 7) is 5.13. The van der Waals surface area contributed by atoms with E-state index in [-0.39, 0.29) is 0 Å². The third kappa shape index (κ3) is 4.35. The largest absolute Gasteiger partial charge is 0.494 e. The highest BCUT2D eigenvalue weighted by molar-refractivity contribution is 5.81. The molecule has 0 spiro atoms. The molecule has 0 saturated heterocycles. The number of rotatable bonds is 7. The number of nitrogens with one attached hydrogen (secondary N) is 2. The maximum atomic E-state index is 5.70. The number of hydrogen-bond donors (Lipinski definition) is 2. The van der Waals surface area contributed by atoms with Crippen LogP contribution in [0.5, 0.6) is 5.75 Å². The summed E-state index contributed by atoms with van der Waals surface area (Å²) in [5.41, 5.74) is 5.81. The van der Waals surface area contributed by atoms with Gasteiger partial charge in [-0.1, -0.05) is 26.0 Å². The topological polar surface area (TPSA) is 62.3 Å². The van der Waals surface area contributed by atoms with Crippen molar-refractivity contribution in [1.82, 2.24) is 9.97 Å². The van der Waals surface area contributed by atoms with Gasteiger partial charge in [-0.15, -0.1) is 0 Å². The summed E-state index contributed by atoms with van der Waals surface area (Å²) < 4.78 is 5.70. The van der Waals surface area contributed by atoms with Crippen LogP contribution in [0.2, 0.25) is 0 Å². The molecule has 2 N–H and O–H groups in total. The monoisotopic (exact) mass is 322 g/mol. The van der Waals surface area contributed by atoms with Gasteiger partial charge in [0.05, 0.1) is 23.9 Å². The van der Waals surface area contributed by atoms with Crippen LogP contribution in [0.15, 0.2) is 53.6 Å². The number of H-pyrrole nitrogens is 1. The molecule has 0 aliphatic carbocycles. The Morgan fingerprint density at radius 1 is 1.17 bits per heavy atom. The number of anilines is 1. The second-order valence-electron chi connectivity index (χ2n) is 6.07. The zero-order valence-electron chi connectivity index (χ0n) is 14.0. The van der Waals surface area contributed by atoms with E-state index in [1.165, 1.54) is 0 Å². The maximum absolute atomic E-state index is 5.70. The fourth-order valence-electron chi connectivity index (χ4n) is 2.24. The van der Waals surface area contributed by atoms with E-state index in [2.05, 4.69) is 34.3 Å². The van der Waals surface area contributed by atoms with E-state index in [0.717, 1.165) is 35.4 Å². The molecule has 24 heavy (non-hydrogen) atoms. The Bertz CT molecular complexity index is 773. The SMILES string of the molecule is CC(C)CCOc1ccc(/C=N/Nc2nc3ccccc3[nH]2)cc1. The van der Waals surface area contributed by atoms with Gasteiger partial charge >= 0.3 is 0 Å². The first-order valence-corrected chi connectivity index (χ1v) is 8.17. The molecule has 124 valence electrons. The second-order valence-corrected chi connectivity index (χ2v) is 6.07.